The molecule has 98 valence electrons. The molecule has 18 heavy (non-hydrogen) atoms. The van der Waals surface area contributed by atoms with Gasteiger partial charge in [0.25, 0.3) is 0 Å². The van der Waals surface area contributed by atoms with E-state index in [0.29, 0.717) is 0 Å². The SMILES string of the molecule is CC[N+]1=C(C)C(C)(C)c2cc(P(=O)(O)O)ccc21. The van der Waals surface area contributed by atoms with Crippen molar-refractivity contribution in [3.8, 4) is 0 Å². The summed E-state index contributed by atoms with van der Waals surface area (Å²) in [6.07, 6.45) is 0. The van der Waals surface area contributed by atoms with Crippen LogP contribution in [0.15, 0.2) is 18.2 Å². The topological polar surface area (TPSA) is 60.5 Å². The average molecular weight is 268 g/mol. The standard InChI is InChI=1S/C13H18NO3P/c1-5-14-9(2)13(3,4)11-8-10(18(15,16)17)6-7-12(11)14/h6-8H,5H2,1-4H3,(H-,15,16,17)/p+1. The number of fused-ring (bicyclic) bond motifs is 1. The molecule has 1 aliphatic rings. The molecule has 4 nitrogen and oxygen atoms in total. The van der Waals surface area contributed by atoms with Crippen LogP contribution in [-0.4, -0.2) is 26.6 Å². The first-order chi connectivity index (χ1) is 8.19. The fourth-order valence-corrected chi connectivity index (χ4v) is 3.13. The van der Waals surface area contributed by atoms with Crippen LogP contribution in [0.3, 0.4) is 0 Å². The molecule has 1 aliphatic heterocycles. The van der Waals surface area contributed by atoms with Gasteiger partial charge in [0.05, 0.1) is 10.7 Å². The highest BCUT2D eigenvalue weighted by Gasteiger charge is 2.43. The third-order valence-electron chi connectivity index (χ3n) is 3.91. The van der Waals surface area contributed by atoms with Crippen LogP contribution in [0, 0.1) is 0 Å². The Balaban J connectivity index is 2.68. The summed E-state index contributed by atoms with van der Waals surface area (Å²) in [6.45, 7) is 9.17. The van der Waals surface area contributed by atoms with Crippen molar-refractivity contribution in [1.82, 2.24) is 0 Å². The predicted molar refractivity (Wildman–Crippen MR) is 72.3 cm³/mol. The van der Waals surface area contributed by atoms with Gasteiger partial charge in [-0.15, -0.1) is 0 Å². The Morgan fingerprint density at radius 2 is 1.94 bits per heavy atom. The summed E-state index contributed by atoms with van der Waals surface area (Å²) < 4.78 is 13.5. The molecular weight excluding hydrogens is 249 g/mol. The average Bonchev–Trinajstić information content (AvgIpc) is 2.46. The van der Waals surface area contributed by atoms with Crippen molar-refractivity contribution in [1.29, 1.82) is 0 Å². The Hall–Kier alpha value is -0.960. The van der Waals surface area contributed by atoms with E-state index in [4.69, 9.17) is 0 Å². The lowest BCUT2D eigenvalue weighted by molar-refractivity contribution is -0.434. The van der Waals surface area contributed by atoms with Gasteiger partial charge in [0.1, 0.15) is 6.54 Å². The van der Waals surface area contributed by atoms with Gasteiger partial charge in [-0.3, -0.25) is 4.57 Å². The molecule has 5 heteroatoms. The molecule has 0 bridgehead atoms. The fraction of sp³-hybridized carbons (Fsp3) is 0.462. The summed E-state index contributed by atoms with van der Waals surface area (Å²) in [5.41, 5.74) is 3.07. The van der Waals surface area contributed by atoms with E-state index < -0.39 is 7.60 Å². The van der Waals surface area contributed by atoms with E-state index in [-0.39, 0.29) is 10.7 Å². The minimum atomic E-state index is -4.18. The third kappa shape index (κ3) is 1.85. The summed E-state index contributed by atoms with van der Waals surface area (Å²) in [5, 5.41) is 0.0973. The van der Waals surface area contributed by atoms with Gasteiger partial charge in [0, 0.05) is 18.6 Å². The van der Waals surface area contributed by atoms with Crippen LogP contribution >= 0.6 is 7.60 Å². The zero-order valence-electron chi connectivity index (χ0n) is 11.1. The van der Waals surface area contributed by atoms with Crippen molar-refractivity contribution in [2.24, 2.45) is 0 Å². The highest BCUT2D eigenvalue weighted by Crippen LogP contribution is 2.42. The van der Waals surface area contributed by atoms with Crippen LogP contribution in [0.2, 0.25) is 0 Å². The number of hydrogen-bond donors (Lipinski definition) is 2. The lowest BCUT2D eigenvalue weighted by Gasteiger charge is -2.16. The molecule has 0 spiro atoms. The van der Waals surface area contributed by atoms with Gasteiger partial charge in [0.15, 0.2) is 5.71 Å². The minimum Gasteiger partial charge on any atom is -0.321 e. The molecular formula is C13H19NO3P+. The number of benzene rings is 1. The second-order valence-corrected chi connectivity index (χ2v) is 6.80. The summed E-state index contributed by atoms with van der Waals surface area (Å²) in [5.74, 6) is 0. The second-order valence-electron chi connectivity index (χ2n) is 5.20. The maximum Gasteiger partial charge on any atom is 0.356 e. The third-order valence-corrected chi connectivity index (χ3v) is 4.86. The smallest absolute Gasteiger partial charge is 0.321 e. The van der Waals surface area contributed by atoms with Gasteiger partial charge in [-0.1, -0.05) is 0 Å². The van der Waals surface area contributed by atoms with E-state index in [2.05, 4.69) is 32.3 Å². The Kier molecular flexibility index (Phi) is 3.01. The molecule has 0 saturated carbocycles. The van der Waals surface area contributed by atoms with Crippen LogP contribution in [0.1, 0.15) is 33.3 Å². The molecule has 0 unspecified atom stereocenters. The van der Waals surface area contributed by atoms with Gasteiger partial charge >= 0.3 is 7.60 Å². The van der Waals surface area contributed by atoms with Crippen molar-refractivity contribution < 1.29 is 18.9 Å². The quantitative estimate of drug-likeness (QED) is 0.636. The molecule has 0 aromatic heterocycles. The molecule has 0 fully saturated rings. The van der Waals surface area contributed by atoms with E-state index in [1.54, 1.807) is 6.07 Å². The van der Waals surface area contributed by atoms with Crippen molar-refractivity contribution in [2.45, 2.75) is 33.1 Å². The molecule has 0 atom stereocenters. The van der Waals surface area contributed by atoms with E-state index in [1.807, 2.05) is 6.07 Å². The molecule has 0 amide bonds. The van der Waals surface area contributed by atoms with E-state index >= 15 is 0 Å². The first-order valence-electron chi connectivity index (χ1n) is 6.01. The summed E-state index contributed by atoms with van der Waals surface area (Å²) >= 11 is 0. The Labute approximate surface area is 107 Å². The van der Waals surface area contributed by atoms with E-state index in [9.17, 15) is 14.4 Å². The molecule has 0 saturated heterocycles. The maximum absolute atomic E-state index is 11.4. The zero-order chi connectivity index (χ0) is 13.7. The molecule has 1 aromatic carbocycles. The normalized spacial score (nSPS) is 18.1. The van der Waals surface area contributed by atoms with Crippen molar-refractivity contribution in [3.05, 3.63) is 23.8 Å². The molecule has 2 rings (SSSR count). The van der Waals surface area contributed by atoms with Crippen LogP contribution in [0.5, 0.6) is 0 Å². The number of hydrogen-bond acceptors (Lipinski definition) is 1. The number of rotatable bonds is 2. The highest BCUT2D eigenvalue weighted by atomic mass is 31.2. The van der Waals surface area contributed by atoms with Crippen LogP contribution < -0.4 is 5.30 Å². The van der Waals surface area contributed by atoms with Crippen LogP contribution in [-0.2, 0) is 9.98 Å². The molecule has 2 N–H and O–H groups in total. The van der Waals surface area contributed by atoms with E-state index in [1.165, 1.54) is 11.8 Å². The lowest BCUT2D eigenvalue weighted by atomic mass is 9.82. The van der Waals surface area contributed by atoms with Crippen molar-refractivity contribution in [3.63, 3.8) is 0 Å². The van der Waals surface area contributed by atoms with Crippen molar-refractivity contribution in [2.75, 3.05) is 6.54 Å². The summed E-state index contributed by atoms with van der Waals surface area (Å²) in [7, 11) is -4.18. The fourth-order valence-electron chi connectivity index (χ4n) is 2.56. The Bertz CT molecular complexity index is 584. The van der Waals surface area contributed by atoms with Crippen LogP contribution in [0.4, 0.5) is 5.69 Å². The zero-order valence-corrected chi connectivity index (χ0v) is 12.0. The Morgan fingerprint density at radius 3 is 2.44 bits per heavy atom. The van der Waals surface area contributed by atoms with Gasteiger partial charge in [-0.05, 0) is 32.9 Å². The largest absolute Gasteiger partial charge is 0.356 e. The minimum absolute atomic E-state index is 0.0973. The molecule has 0 aliphatic carbocycles. The first kappa shape index (κ1) is 13.5. The second kappa shape index (κ2) is 4.02. The van der Waals surface area contributed by atoms with Gasteiger partial charge in [-0.25, -0.2) is 0 Å². The molecule has 0 radical (unpaired) electrons. The summed E-state index contributed by atoms with van der Waals surface area (Å²) in [4.78, 5) is 18.5. The van der Waals surface area contributed by atoms with Crippen LogP contribution in [0.25, 0.3) is 0 Å². The van der Waals surface area contributed by atoms with E-state index in [0.717, 1.165) is 17.8 Å². The molecule has 1 heterocycles. The first-order valence-corrected chi connectivity index (χ1v) is 7.63. The summed E-state index contributed by atoms with van der Waals surface area (Å²) in [6, 6.07) is 4.98. The maximum atomic E-state index is 11.4. The highest BCUT2D eigenvalue weighted by molar-refractivity contribution is 7.60. The van der Waals surface area contributed by atoms with Gasteiger partial charge in [-0.2, -0.15) is 4.58 Å². The monoisotopic (exact) mass is 268 g/mol. The Morgan fingerprint density at radius 1 is 1.33 bits per heavy atom. The number of nitrogens with zero attached hydrogens (tertiary/aromatic N) is 1. The van der Waals surface area contributed by atoms with Gasteiger partial charge in [0.2, 0.25) is 5.69 Å². The van der Waals surface area contributed by atoms with Crippen molar-refractivity contribution >= 4 is 24.3 Å². The van der Waals surface area contributed by atoms with Gasteiger partial charge < -0.3 is 9.79 Å². The predicted octanol–water partition coefficient (Wildman–Crippen LogP) is 1.91. The lowest BCUT2D eigenvalue weighted by Crippen LogP contribution is -2.26. The molecule has 1 aromatic rings.